The van der Waals surface area contributed by atoms with Gasteiger partial charge in [0.05, 0.1) is 0 Å². The number of hydrogen-bond donors (Lipinski definition) is 0. The summed E-state index contributed by atoms with van der Waals surface area (Å²) < 4.78 is 3.55. The van der Waals surface area contributed by atoms with Gasteiger partial charge in [0.1, 0.15) is 0 Å². The van der Waals surface area contributed by atoms with E-state index < -0.39 is 4.96 Å². The molecule has 0 saturated carbocycles. The van der Waals surface area contributed by atoms with Crippen molar-refractivity contribution in [3.63, 3.8) is 0 Å². The third-order valence-corrected chi connectivity index (χ3v) is 8.75. The predicted molar refractivity (Wildman–Crippen MR) is 114 cm³/mol. The molecule has 0 N–H and O–H groups in total. The van der Waals surface area contributed by atoms with Crippen LogP contribution < -0.4 is 9.34 Å². The molecule has 3 nitrogen and oxygen atoms in total. The van der Waals surface area contributed by atoms with Gasteiger partial charge in [0.25, 0.3) is 0 Å². The first kappa shape index (κ1) is 18.8. The molecule has 0 unspecified atom stereocenters. The van der Waals surface area contributed by atoms with Crippen molar-refractivity contribution in [1.29, 1.82) is 0 Å². The van der Waals surface area contributed by atoms with Crippen molar-refractivity contribution in [2.24, 2.45) is 4.99 Å². The van der Waals surface area contributed by atoms with E-state index in [9.17, 15) is 0 Å². The monoisotopic (exact) mass is 415 g/mol. The van der Waals surface area contributed by atoms with E-state index in [1.807, 2.05) is 76.2 Å². The van der Waals surface area contributed by atoms with Crippen molar-refractivity contribution < 1.29 is 0 Å². The van der Waals surface area contributed by atoms with Crippen LogP contribution in [-0.2, 0) is 0 Å². The van der Waals surface area contributed by atoms with Gasteiger partial charge in [-0.3, -0.25) is 0 Å². The normalized spacial score (nSPS) is 20.0. The summed E-state index contributed by atoms with van der Waals surface area (Å²) in [5, 5.41) is 0. The Morgan fingerprint density at radius 1 is 0.760 bits per heavy atom. The van der Waals surface area contributed by atoms with E-state index >= 15 is 0 Å². The molecule has 1 aliphatic heterocycles. The van der Waals surface area contributed by atoms with Crippen LogP contribution in [0.3, 0.4) is 0 Å². The molecular weight excluding hydrogens is 396 g/mol. The number of guanidine groups is 1. The first-order valence-electron chi connectivity index (χ1n) is 8.08. The van der Waals surface area contributed by atoms with Crippen LogP contribution >= 0.6 is 38.7 Å². The van der Waals surface area contributed by atoms with Crippen LogP contribution in [0.25, 0.3) is 0 Å². The molecule has 0 amide bonds. The molecule has 7 heteroatoms. The molecule has 0 atom stereocenters. The average Bonchev–Trinajstić information content (AvgIpc) is 2.50. The van der Waals surface area contributed by atoms with E-state index in [0.717, 1.165) is 22.5 Å². The van der Waals surface area contributed by atoms with E-state index in [1.54, 1.807) is 9.34 Å². The van der Waals surface area contributed by atoms with Crippen LogP contribution in [0.2, 0.25) is 0 Å². The molecule has 3 rings (SSSR count). The van der Waals surface area contributed by atoms with E-state index in [1.165, 1.54) is 0 Å². The van der Waals surface area contributed by atoms with E-state index in [-0.39, 0.29) is 6.04 Å². The van der Waals surface area contributed by atoms with Gasteiger partial charge in [-0.15, -0.1) is 0 Å². The fourth-order valence-electron chi connectivity index (χ4n) is 2.73. The van der Waals surface area contributed by atoms with Gasteiger partial charge in [0.15, 0.2) is 0 Å². The van der Waals surface area contributed by atoms with Gasteiger partial charge < -0.3 is 0 Å². The van der Waals surface area contributed by atoms with Crippen LogP contribution in [0.5, 0.6) is 0 Å². The Bertz CT molecular complexity index is 749. The number of aliphatic imine (C=N–C) groups is 1. The maximum absolute atomic E-state index is 6.85. The number of hydrogen-bond acceptors (Lipinski definition) is 1. The summed E-state index contributed by atoms with van der Waals surface area (Å²) in [6, 6.07) is 16.0. The Balaban J connectivity index is 2.13. The summed E-state index contributed by atoms with van der Waals surface area (Å²) in [6.45, 7) is 8.09. The molecule has 2 aromatic carbocycles. The predicted octanol–water partition coefficient (Wildman–Crippen LogP) is 7.24. The molecule has 0 radical (unpaired) electrons. The van der Waals surface area contributed by atoms with E-state index in [0.29, 0.717) is 5.96 Å². The van der Waals surface area contributed by atoms with Crippen molar-refractivity contribution in [3.8, 4) is 0 Å². The molecule has 1 aliphatic rings. The van der Waals surface area contributed by atoms with Gasteiger partial charge in [-0.1, -0.05) is 0 Å². The SMILES string of the molecule is Cc1ccc(N2C(=NC(C)C)N(c3ccc(C)cc3)P2(Cl)(Cl)Cl)cc1. The summed E-state index contributed by atoms with van der Waals surface area (Å²) in [7, 11) is 0. The zero-order valence-electron chi connectivity index (χ0n) is 14.6. The molecule has 0 spiro atoms. The fraction of sp³-hybridized carbons (Fsp3) is 0.278. The molecule has 25 heavy (non-hydrogen) atoms. The van der Waals surface area contributed by atoms with Crippen molar-refractivity contribution in [2.75, 3.05) is 9.34 Å². The zero-order chi connectivity index (χ0) is 18.4. The Labute approximate surface area is 163 Å². The number of aryl methyl sites for hydroxylation is 2. The molecular formula is C18H21Cl3N3P. The molecule has 2 aromatic rings. The van der Waals surface area contributed by atoms with Crippen LogP contribution in [0.15, 0.2) is 53.5 Å². The number of nitrogens with zero attached hydrogens (tertiary/aromatic N) is 3. The molecule has 0 aromatic heterocycles. The van der Waals surface area contributed by atoms with Gasteiger partial charge in [-0.2, -0.15) is 0 Å². The number of rotatable bonds is 3. The average molecular weight is 417 g/mol. The van der Waals surface area contributed by atoms with Crippen LogP contribution in [-0.4, -0.2) is 12.0 Å². The summed E-state index contributed by atoms with van der Waals surface area (Å²) in [5.41, 5.74) is 3.99. The first-order chi connectivity index (χ1) is 11.6. The summed E-state index contributed by atoms with van der Waals surface area (Å²) in [5.74, 6) is 0.667. The zero-order valence-corrected chi connectivity index (χ0v) is 17.8. The quantitative estimate of drug-likeness (QED) is 0.491. The third kappa shape index (κ3) is 3.36. The molecule has 1 fully saturated rings. The number of benzene rings is 2. The molecule has 0 bridgehead atoms. The molecule has 1 saturated heterocycles. The fourth-order valence-corrected chi connectivity index (χ4v) is 7.42. The molecule has 1 heterocycles. The minimum absolute atomic E-state index is 0.0770. The second kappa shape index (κ2) is 6.32. The van der Waals surface area contributed by atoms with Gasteiger partial charge in [0, 0.05) is 0 Å². The summed E-state index contributed by atoms with van der Waals surface area (Å²) >= 11 is 20.6. The van der Waals surface area contributed by atoms with Gasteiger partial charge in [0.2, 0.25) is 0 Å². The van der Waals surface area contributed by atoms with Crippen molar-refractivity contribution in [3.05, 3.63) is 59.7 Å². The Kier molecular flexibility index (Phi) is 4.75. The van der Waals surface area contributed by atoms with Gasteiger partial charge in [-0.05, 0) is 0 Å². The standard InChI is InChI=1S/C18H21Cl3N3P/c1-13(2)22-18-23(16-9-5-14(3)6-10-16)25(19,20,21)24(18)17-11-7-15(4)8-12-17/h5-13H,1-4H3. The second-order valence-corrected chi connectivity index (χ2v) is 16.1. The maximum atomic E-state index is 6.85. The van der Waals surface area contributed by atoms with Crippen molar-refractivity contribution in [1.82, 2.24) is 0 Å². The minimum atomic E-state index is -3.89. The molecule has 134 valence electrons. The Morgan fingerprint density at radius 2 is 1.12 bits per heavy atom. The summed E-state index contributed by atoms with van der Waals surface area (Å²) in [4.78, 5) is 0.840. The Morgan fingerprint density at radius 3 is 1.44 bits per heavy atom. The van der Waals surface area contributed by atoms with Crippen LogP contribution in [0.4, 0.5) is 11.4 Å². The summed E-state index contributed by atoms with van der Waals surface area (Å²) in [6.07, 6.45) is 0. The van der Waals surface area contributed by atoms with E-state index in [2.05, 4.69) is 0 Å². The van der Waals surface area contributed by atoms with Gasteiger partial charge >= 0.3 is 164 Å². The van der Waals surface area contributed by atoms with Crippen molar-refractivity contribution in [2.45, 2.75) is 33.7 Å². The Hall–Kier alpha value is -0.990. The van der Waals surface area contributed by atoms with Gasteiger partial charge in [-0.25, -0.2) is 0 Å². The van der Waals surface area contributed by atoms with E-state index in [4.69, 9.17) is 38.7 Å². The topological polar surface area (TPSA) is 18.8 Å². The third-order valence-electron chi connectivity index (χ3n) is 3.94. The first-order valence-corrected chi connectivity index (χ1v) is 12.9. The van der Waals surface area contributed by atoms with Crippen LogP contribution in [0, 0.1) is 13.8 Å². The number of halogens is 3. The second-order valence-electron chi connectivity index (χ2n) is 6.55. The number of anilines is 2. The molecule has 0 aliphatic carbocycles. The van der Waals surface area contributed by atoms with Crippen LogP contribution in [0.1, 0.15) is 25.0 Å². The van der Waals surface area contributed by atoms with Crippen molar-refractivity contribution >= 4 is 56.0 Å².